The van der Waals surface area contributed by atoms with Gasteiger partial charge in [-0.2, -0.15) is 0 Å². The second-order valence-electron chi connectivity index (χ2n) is 15.5. The normalized spacial score (nSPS) is 11.5. The summed E-state index contributed by atoms with van der Waals surface area (Å²) in [7, 11) is 0. The molecular formula is C57H35N3S2. The fourth-order valence-electron chi connectivity index (χ4n) is 8.91. The van der Waals surface area contributed by atoms with Gasteiger partial charge in [-0.3, -0.25) is 0 Å². The van der Waals surface area contributed by atoms with Crippen molar-refractivity contribution >= 4 is 63.0 Å². The summed E-state index contributed by atoms with van der Waals surface area (Å²) in [5.41, 5.74) is 11.8. The molecule has 0 spiro atoms. The van der Waals surface area contributed by atoms with Crippen LogP contribution in [0.3, 0.4) is 0 Å². The molecule has 0 radical (unpaired) electrons. The van der Waals surface area contributed by atoms with Crippen LogP contribution in [-0.2, 0) is 0 Å². The maximum atomic E-state index is 5.59. The average Bonchev–Trinajstić information content (AvgIpc) is 3.93. The van der Waals surface area contributed by atoms with E-state index in [-0.39, 0.29) is 0 Å². The number of rotatable bonds is 7. The van der Waals surface area contributed by atoms with E-state index >= 15 is 0 Å². The van der Waals surface area contributed by atoms with Crippen LogP contribution in [0.15, 0.2) is 212 Å². The van der Waals surface area contributed by atoms with Gasteiger partial charge in [0.05, 0.1) is 0 Å². The summed E-state index contributed by atoms with van der Waals surface area (Å²) >= 11 is 3.59. The maximum Gasteiger partial charge on any atom is 0.165 e. The number of fused-ring (bicyclic) bond motifs is 6. The van der Waals surface area contributed by atoms with Gasteiger partial charge < -0.3 is 0 Å². The van der Waals surface area contributed by atoms with Crippen molar-refractivity contribution in [3.8, 4) is 78.7 Å². The first-order valence-electron chi connectivity index (χ1n) is 20.8. The first-order valence-corrected chi connectivity index (χ1v) is 22.4. The molecule has 5 heteroatoms. The van der Waals surface area contributed by atoms with E-state index in [9.17, 15) is 0 Å². The molecule has 0 unspecified atom stereocenters. The largest absolute Gasteiger partial charge is 0.208 e. The topological polar surface area (TPSA) is 38.7 Å². The van der Waals surface area contributed by atoms with Crippen LogP contribution in [0.25, 0.3) is 119 Å². The van der Waals surface area contributed by atoms with Crippen molar-refractivity contribution in [1.29, 1.82) is 0 Å². The maximum absolute atomic E-state index is 5.59. The molecule has 0 saturated heterocycles. The molecule has 12 rings (SSSR count). The predicted molar refractivity (Wildman–Crippen MR) is 264 cm³/mol. The Kier molecular flexibility index (Phi) is 8.87. The molecule has 290 valence electrons. The van der Waals surface area contributed by atoms with Crippen molar-refractivity contribution in [3.05, 3.63) is 212 Å². The smallest absolute Gasteiger partial charge is 0.165 e. The summed E-state index contributed by atoms with van der Waals surface area (Å²) in [6.45, 7) is 0. The van der Waals surface area contributed by atoms with Crippen LogP contribution in [-0.4, -0.2) is 15.0 Å². The Morgan fingerprint density at radius 2 is 0.645 bits per heavy atom. The fourth-order valence-corrected chi connectivity index (χ4v) is 11.3. The van der Waals surface area contributed by atoms with Crippen LogP contribution < -0.4 is 0 Å². The molecule has 3 heterocycles. The molecule has 0 saturated carbocycles. The highest BCUT2D eigenvalue weighted by Crippen LogP contribution is 2.47. The van der Waals surface area contributed by atoms with Crippen molar-refractivity contribution in [2.45, 2.75) is 0 Å². The molecule has 0 bridgehead atoms. The van der Waals surface area contributed by atoms with Gasteiger partial charge in [-0.1, -0.05) is 176 Å². The van der Waals surface area contributed by atoms with E-state index < -0.39 is 0 Å². The van der Waals surface area contributed by atoms with Gasteiger partial charge in [0.1, 0.15) is 0 Å². The van der Waals surface area contributed by atoms with Crippen molar-refractivity contribution in [2.24, 2.45) is 0 Å². The standard InChI is InChI=1S/C57H35N3S2/c1-4-18-36(19-5-1)39-34-48(38-22-8-3-9-23-38)52(43-27-11-10-24-40(43)37-20-6-2-7-21-37)49(35-39)57-59-55(46-30-16-28-44-41-25-12-14-32-50(41)61-53(44)46)58-56(60-57)47-31-17-29-45-42-26-13-15-33-51(42)62-54(45)47/h1-35H. The Morgan fingerprint density at radius 1 is 0.258 bits per heavy atom. The Bertz CT molecular complexity index is 3500. The van der Waals surface area contributed by atoms with E-state index in [1.165, 1.54) is 30.9 Å². The number of hydrogen-bond donors (Lipinski definition) is 0. The minimum atomic E-state index is 0.619. The van der Waals surface area contributed by atoms with Gasteiger partial charge in [0.25, 0.3) is 0 Å². The van der Waals surface area contributed by atoms with Crippen molar-refractivity contribution in [1.82, 2.24) is 15.0 Å². The lowest BCUT2D eigenvalue weighted by molar-refractivity contribution is 1.08. The fraction of sp³-hybridized carbons (Fsp3) is 0. The molecule has 0 atom stereocenters. The first kappa shape index (κ1) is 36.3. The number of benzene rings is 9. The van der Waals surface area contributed by atoms with E-state index in [0.29, 0.717) is 17.5 Å². The number of aromatic nitrogens is 3. The lowest BCUT2D eigenvalue weighted by Crippen LogP contribution is -2.03. The zero-order valence-electron chi connectivity index (χ0n) is 33.4. The molecule has 0 aliphatic heterocycles. The zero-order valence-corrected chi connectivity index (χ0v) is 35.0. The zero-order chi connectivity index (χ0) is 41.0. The summed E-state index contributed by atoms with van der Waals surface area (Å²) in [5, 5.41) is 4.88. The second kappa shape index (κ2) is 15.2. The highest BCUT2D eigenvalue weighted by Gasteiger charge is 2.24. The number of hydrogen-bond acceptors (Lipinski definition) is 5. The molecule has 3 nitrogen and oxygen atoms in total. The highest BCUT2D eigenvalue weighted by atomic mass is 32.1. The van der Waals surface area contributed by atoms with Gasteiger partial charge in [0.15, 0.2) is 17.5 Å². The molecule has 0 N–H and O–H groups in total. The highest BCUT2D eigenvalue weighted by molar-refractivity contribution is 7.26. The molecule has 0 fully saturated rings. The summed E-state index contributed by atoms with van der Waals surface area (Å²) in [4.78, 5) is 16.6. The van der Waals surface area contributed by atoms with Crippen molar-refractivity contribution < 1.29 is 0 Å². The van der Waals surface area contributed by atoms with E-state index in [2.05, 4.69) is 212 Å². The summed E-state index contributed by atoms with van der Waals surface area (Å²) in [6, 6.07) is 75.7. The third kappa shape index (κ3) is 6.21. The third-order valence-corrected chi connectivity index (χ3v) is 14.2. The van der Waals surface area contributed by atoms with E-state index in [1.54, 1.807) is 22.7 Å². The summed E-state index contributed by atoms with van der Waals surface area (Å²) < 4.78 is 4.80. The van der Waals surface area contributed by atoms with Gasteiger partial charge in [-0.05, 0) is 75.3 Å². The van der Waals surface area contributed by atoms with Crippen LogP contribution >= 0.6 is 22.7 Å². The molecule has 0 aliphatic rings. The third-order valence-electron chi connectivity index (χ3n) is 11.8. The molecular weight excluding hydrogens is 791 g/mol. The molecule has 12 aromatic rings. The molecule has 0 aliphatic carbocycles. The Labute approximate surface area is 366 Å². The van der Waals surface area contributed by atoms with Gasteiger partial charge in [0, 0.05) is 62.6 Å². The summed E-state index contributed by atoms with van der Waals surface area (Å²) in [6.07, 6.45) is 0. The minimum absolute atomic E-state index is 0.619. The van der Waals surface area contributed by atoms with Crippen molar-refractivity contribution in [3.63, 3.8) is 0 Å². The lowest BCUT2D eigenvalue weighted by Gasteiger charge is -2.21. The van der Waals surface area contributed by atoms with Crippen molar-refractivity contribution in [2.75, 3.05) is 0 Å². The van der Waals surface area contributed by atoms with Gasteiger partial charge in [0.2, 0.25) is 0 Å². The Morgan fingerprint density at radius 3 is 1.19 bits per heavy atom. The van der Waals surface area contributed by atoms with E-state index in [1.807, 2.05) is 0 Å². The minimum Gasteiger partial charge on any atom is -0.208 e. The molecule has 9 aromatic carbocycles. The lowest BCUT2D eigenvalue weighted by atomic mass is 9.84. The average molecular weight is 826 g/mol. The number of nitrogens with zero attached hydrogens (tertiary/aromatic N) is 3. The van der Waals surface area contributed by atoms with Crippen LogP contribution in [0.4, 0.5) is 0 Å². The molecule has 3 aromatic heterocycles. The van der Waals surface area contributed by atoms with Crippen LogP contribution in [0, 0.1) is 0 Å². The van der Waals surface area contributed by atoms with Crippen LogP contribution in [0.2, 0.25) is 0 Å². The van der Waals surface area contributed by atoms with Crippen LogP contribution in [0.5, 0.6) is 0 Å². The number of thiophene rings is 2. The van der Waals surface area contributed by atoms with Crippen LogP contribution in [0.1, 0.15) is 0 Å². The Balaban J connectivity index is 1.22. The monoisotopic (exact) mass is 825 g/mol. The first-order chi connectivity index (χ1) is 30.7. The van der Waals surface area contributed by atoms with Gasteiger partial charge in [-0.25, -0.2) is 15.0 Å². The second-order valence-corrected chi connectivity index (χ2v) is 17.6. The predicted octanol–water partition coefficient (Wildman–Crippen LogP) is 16.3. The van der Waals surface area contributed by atoms with Gasteiger partial charge in [-0.15, -0.1) is 22.7 Å². The van der Waals surface area contributed by atoms with E-state index in [0.717, 1.165) is 70.6 Å². The van der Waals surface area contributed by atoms with Gasteiger partial charge >= 0.3 is 0 Å². The molecule has 62 heavy (non-hydrogen) atoms. The Hall–Kier alpha value is -7.57. The van der Waals surface area contributed by atoms with E-state index in [4.69, 9.17) is 15.0 Å². The summed E-state index contributed by atoms with van der Waals surface area (Å²) in [5.74, 6) is 1.91. The quantitative estimate of drug-likeness (QED) is 0.161. The molecule has 0 amide bonds. The SMILES string of the molecule is c1ccc(-c2cc(-c3ccccc3)c(-c3ccccc3-c3ccccc3)c(-c3nc(-c4cccc5c4sc4ccccc45)nc(-c4cccc5c4sc4ccccc45)n3)c2)cc1.